The first-order valence-corrected chi connectivity index (χ1v) is 11.9. The van der Waals surface area contributed by atoms with Gasteiger partial charge in [0.2, 0.25) is 0 Å². The van der Waals surface area contributed by atoms with E-state index in [9.17, 15) is 10.2 Å². The highest BCUT2D eigenvalue weighted by atomic mass is 16.3. The summed E-state index contributed by atoms with van der Waals surface area (Å²) in [6.45, 7) is 3.41. The van der Waals surface area contributed by atoms with Crippen LogP contribution >= 0.6 is 0 Å². The maximum atomic E-state index is 10.5. The molecule has 28 heavy (non-hydrogen) atoms. The molecule has 3 heteroatoms. The second-order valence-electron chi connectivity index (χ2n) is 9.51. The van der Waals surface area contributed by atoms with Crippen molar-refractivity contribution >= 4 is 0 Å². The van der Waals surface area contributed by atoms with Crippen molar-refractivity contribution in [1.29, 1.82) is 0 Å². The van der Waals surface area contributed by atoms with Crippen LogP contribution in [0.1, 0.15) is 84.0 Å². The predicted octanol–water partition coefficient (Wildman–Crippen LogP) is 5.33. The molecule has 162 valence electrons. The molecule has 0 aliphatic heterocycles. The van der Waals surface area contributed by atoms with Gasteiger partial charge in [-0.2, -0.15) is 0 Å². The molecule has 0 radical (unpaired) electrons. The van der Waals surface area contributed by atoms with E-state index in [1.807, 2.05) is 6.08 Å². The Kier molecular flexibility index (Phi) is 10.8. The van der Waals surface area contributed by atoms with Gasteiger partial charge in [-0.25, -0.2) is 0 Å². The molecule has 0 amide bonds. The van der Waals surface area contributed by atoms with E-state index in [-0.39, 0.29) is 18.1 Å². The van der Waals surface area contributed by atoms with Crippen molar-refractivity contribution in [3.8, 4) is 0 Å². The summed E-state index contributed by atoms with van der Waals surface area (Å²) in [5.41, 5.74) is 1.61. The molecular weight excluding hydrogens is 346 g/mol. The zero-order valence-electron chi connectivity index (χ0n) is 18.7. The monoisotopic (exact) mass is 391 g/mol. The van der Waals surface area contributed by atoms with Gasteiger partial charge in [0.25, 0.3) is 0 Å². The van der Waals surface area contributed by atoms with Crippen LogP contribution in [0.3, 0.4) is 0 Å². The van der Waals surface area contributed by atoms with Crippen LogP contribution in [0.4, 0.5) is 0 Å². The van der Waals surface area contributed by atoms with Crippen molar-refractivity contribution in [3.63, 3.8) is 0 Å². The van der Waals surface area contributed by atoms with Crippen molar-refractivity contribution in [2.45, 2.75) is 96.2 Å². The summed E-state index contributed by atoms with van der Waals surface area (Å²) in [6.07, 6.45) is 20.2. The van der Waals surface area contributed by atoms with Gasteiger partial charge in [0, 0.05) is 5.92 Å². The number of aliphatic hydroxyl groups is 2. The van der Waals surface area contributed by atoms with Gasteiger partial charge in [-0.3, -0.25) is 0 Å². The number of unbranched alkanes of at least 4 members (excludes halogenated alkanes) is 6. The van der Waals surface area contributed by atoms with Gasteiger partial charge >= 0.3 is 0 Å². The first-order chi connectivity index (χ1) is 13.5. The van der Waals surface area contributed by atoms with Crippen molar-refractivity contribution in [2.75, 3.05) is 20.6 Å². The second kappa shape index (κ2) is 12.8. The second-order valence-corrected chi connectivity index (χ2v) is 9.51. The highest BCUT2D eigenvalue weighted by molar-refractivity contribution is 5.20. The minimum atomic E-state index is -0.349. The van der Waals surface area contributed by atoms with E-state index in [4.69, 9.17) is 0 Å². The van der Waals surface area contributed by atoms with Crippen LogP contribution in [-0.4, -0.2) is 48.0 Å². The average Bonchev–Trinajstić information content (AvgIpc) is 3.15. The molecular formula is C25H45NO2. The Morgan fingerprint density at radius 1 is 1.11 bits per heavy atom. The van der Waals surface area contributed by atoms with Crippen molar-refractivity contribution < 1.29 is 10.2 Å². The highest BCUT2D eigenvalue weighted by Crippen LogP contribution is 2.48. The normalized spacial score (nSPS) is 28.3. The van der Waals surface area contributed by atoms with Gasteiger partial charge in [0.15, 0.2) is 0 Å². The number of hydrogen-bond acceptors (Lipinski definition) is 3. The summed E-state index contributed by atoms with van der Waals surface area (Å²) in [5, 5.41) is 20.8. The van der Waals surface area contributed by atoms with Crippen LogP contribution in [0.15, 0.2) is 23.8 Å². The fourth-order valence-electron chi connectivity index (χ4n) is 5.06. The average molecular weight is 392 g/mol. The number of rotatable bonds is 14. The minimum absolute atomic E-state index is 0.224. The van der Waals surface area contributed by atoms with E-state index in [1.54, 1.807) is 5.57 Å². The Morgan fingerprint density at radius 3 is 2.61 bits per heavy atom. The van der Waals surface area contributed by atoms with E-state index < -0.39 is 0 Å². The number of allylic oxidation sites excluding steroid dienone is 2. The first kappa shape index (κ1) is 23.6. The van der Waals surface area contributed by atoms with Gasteiger partial charge < -0.3 is 15.1 Å². The van der Waals surface area contributed by atoms with E-state index >= 15 is 0 Å². The van der Waals surface area contributed by atoms with E-state index in [2.05, 4.69) is 38.1 Å². The third kappa shape index (κ3) is 8.00. The Hall–Kier alpha value is -0.640. The van der Waals surface area contributed by atoms with E-state index in [0.29, 0.717) is 11.8 Å². The summed E-state index contributed by atoms with van der Waals surface area (Å²) in [7, 11) is 4.28. The highest BCUT2D eigenvalue weighted by Gasteiger charge is 2.43. The third-order valence-electron chi connectivity index (χ3n) is 6.71. The molecule has 2 N–H and O–H groups in total. The standard InChI is InChI=1S/C25H45NO2/c1-4-5-6-7-10-13-22(27)14-15-23-24-18-20(17-21(24)19-25(23)28)12-9-8-11-16-26(2)3/h14-15,17,21-25,27-28H,4-13,16,18-19H2,1-3H3/b15-14+/t21-,22-,23+,24-,25+/m0/s1. The smallest absolute Gasteiger partial charge is 0.0721 e. The number of nitrogens with zero attached hydrogens (tertiary/aromatic N) is 1. The van der Waals surface area contributed by atoms with Gasteiger partial charge in [-0.1, -0.05) is 69.2 Å². The quantitative estimate of drug-likeness (QED) is 0.311. The maximum Gasteiger partial charge on any atom is 0.0721 e. The van der Waals surface area contributed by atoms with E-state index in [0.717, 1.165) is 25.7 Å². The fraction of sp³-hybridized carbons (Fsp3) is 0.840. The zero-order valence-corrected chi connectivity index (χ0v) is 18.7. The molecule has 2 aliphatic rings. The lowest BCUT2D eigenvalue weighted by molar-refractivity contribution is 0.139. The zero-order chi connectivity index (χ0) is 20.4. The SMILES string of the molecule is CCCCCCC[C@H](O)/C=C/[C@@H]1[C@H]2CC(CCCCCN(C)C)=C[C@H]2C[C@H]1O. The molecule has 5 atom stereocenters. The lowest BCUT2D eigenvalue weighted by atomic mass is 9.88. The van der Waals surface area contributed by atoms with Crippen molar-refractivity contribution in [2.24, 2.45) is 17.8 Å². The van der Waals surface area contributed by atoms with Gasteiger partial charge in [-0.15, -0.1) is 0 Å². The molecule has 2 rings (SSSR count). The molecule has 1 fully saturated rings. The van der Waals surface area contributed by atoms with Crippen LogP contribution in [-0.2, 0) is 0 Å². The predicted molar refractivity (Wildman–Crippen MR) is 119 cm³/mol. The number of fused-ring (bicyclic) bond motifs is 1. The van der Waals surface area contributed by atoms with Crippen LogP contribution in [0.5, 0.6) is 0 Å². The number of aliphatic hydroxyl groups excluding tert-OH is 2. The minimum Gasteiger partial charge on any atom is -0.392 e. The molecule has 0 bridgehead atoms. The molecule has 0 spiro atoms. The molecule has 0 aromatic heterocycles. The Balaban J connectivity index is 1.69. The Morgan fingerprint density at radius 2 is 1.86 bits per heavy atom. The molecule has 1 saturated carbocycles. The maximum absolute atomic E-state index is 10.5. The summed E-state index contributed by atoms with van der Waals surface area (Å²) in [5.74, 6) is 1.33. The molecule has 0 heterocycles. The third-order valence-corrected chi connectivity index (χ3v) is 6.71. The van der Waals surface area contributed by atoms with Gasteiger partial charge in [0.1, 0.15) is 0 Å². The lowest BCUT2D eigenvalue weighted by Gasteiger charge is -2.19. The summed E-state index contributed by atoms with van der Waals surface area (Å²) < 4.78 is 0. The number of hydrogen-bond donors (Lipinski definition) is 2. The molecule has 3 nitrogen and oxygen atoms in total. The summed E-state index contributed by atoms with van der Waals surface area (Å²) in [4.78, 5) is 2.26. The molecule has 0 aromatic carbocycles. The lowest BCUT2D eigenvalue weighted by Crippen LogP contribution is -2.18. The molecule has 2 aliphatic carbocycles. The van der Waals surface area contributed by atoms with Crippen LogP contribution in [0, 0.1) is 17.8 Å². The van der Waals surface area contributed by atoms with Crippen LogP contribution < -0.4 is 0 Å². The van der Waals surface area contributed by atoms with Crippen LogP contribution in [0.2, 0.25) is 0 Å². The Bertz CT molecular complexity index is 485. The summed E-state index contributed by atoms with van der Waals surface area (Å²) in [6, 6.07) is 0. The van der Waals surface area contributed by atoms with Crippen molar-refractivity contribution in [3.05, 3.63) is 23.8 Å². The van der Waals surface area contributed by atoms with Crippen molar-refractivity contribution in [1.82, 2.24) is 4.90 Å². The van der Waals surface area contributed by atoms with Gasteiger partial charge in [-0.05, 0) is 71.0 Å². The largest absolute Gasteiger partial charge is 0.392 e. The Labute approximate surface area is 173 Å². The molecule has 0 unspecified atom stereocenters. The first-order valence-electron chi connectivity index (χ1n) is 11.9. The molecule has 0 aromatic rings. The topological polar surface area (TPSA) is 43.7 Å². The van der Waals surface area contributed by atoms with E-state index in [1.165, 1.54) is 57.9 Å². The fourth-order valence-corrected chi connectivity index (χ4v) is 5.06. The van der Waals surface area contributed by atoms with Gasteiger partial charge in [0.05, 0.1) is 12.2 Å². The van der Waals surface area contributed by atoms with Crippen LogP contribution in [0.25, 0.3) is 0 Å². The summed E-state index contributed by atoms with van der Waals surface area (Å²) >= 11 is 0. The molecule has 0 saturated heterocycles.